The molecule has 2 heterocycles. The van der Waals surface area contributed by atoms with Crippen LogP contribution in [0.15, 0.2) is 59.3 Å². The topological polar surface area (TPSA) is 73.5 Å². The van der Waals surface area contributed by atoms with Crippen molar-refractivity contribution in [2.75, 3.05) is 31.3 Å². The van der Waals surface area contributed by atoms with Crippen LogP contribution in [-0.4, -0.2) is 37.5 Å². The molecule has 3 rings (SSSR count). The molecular formula is C20H22N4O2S2. The molecule has 1 unspecified atom stereocenters. The minimum Gasteiger partial charge on any atom is -0.336 e. The van der Waals surface area contributed by atoms with Gasteiger partial charge in [0.05, 0.1) is 10.9 Å². The molecule has 0 saturated carbocycles. The first-order valence-corrected chi connectivity index (χ1v) is 10.5. The zero-order valence-electron chi connectivity index (χ0n) is 15.6. The average Bonchev–Trinajstić information content (AvgIpc) is 3.36. The summed E-state index contributed by atoms with van der Waals surface area (Å²) in [7, 11) is 3.98. The van der Waals surface area contributed by atoms with E-state index in [1.165, 1.54) is 16.2 Å². The molecule has 0 bridgehead atoms. The Hall–Kier alpha value is -2.68. The van der Waals surface area contributed by atoms with Crippen molar-refractivity contribution < 1.29 is 9.59 Å². The molecule has 3 aromatic rings. The van der Waals surface area contributed by atoms with Gasteiger partial charge in [0.25, 0.3) is 5.91 Å². The molecule has 146 valence electrons. The van der Waals surface area contributed by atoms with E-state index in [9.17, 15) is 9.59 Å². The van der Waals surface area contributed by atoms with Crippen LogP contribution in [0, 0.1) is 0 Å². The molecular weight excluding hydrogens is 392 g/mol. The standard InChI is InChI=1S/C20H22N4O2S2/c1-24(2)16(17-8-4-10-27-17)13-21-20(26)23-15-7-3-6-14(12-15)22-19(25)18-9-5-11-28-18/h3-12,16H,13H2,1-2H3,(H,22,25)(H2,21,23,26). The third-order valence-electron chi connectivity index (χ3n) is 4.07. The van der Waals surface area contributed by atoms with Gasteiger partial charge in [0, 0.05) is 22.8 Å². The Labute approximate surface area is 172 Å². The van der Waals surface area contributed by atoms with Crippen LogP contribution in [0.1, 0.15) is 20.6 Å². The summed E-state index contributed by atoms with van der Waals surface area (Å²) in [5.74, 6) is -0.165. The van der Waals surface area contributed by atoms with E-state index in [0.29, 0.717) is 22.8 Å². The Balaban J connectivity index is 1.56. The van der Waals surface area contributed by atoms with Gasteiger partial charge in [-0.25, -0.2) is 4.79 Å². The molecule has 1 atom stereocenters. The predicted octanol–water partition coefficient (Wildman–Crippen LogP) is 4.49. The first-order chi connectivity index (χ1) is 13.5. The Bertz CT molecular complexity index is 908. The molecule has 3 amide bonds. The van der Waals surface area contributed by atoms with Crippen LogP contribution in [0.25, 0.3) is 0 Å². The summed E-state index contributed by atoms with van der Waals surface area (Å²) in [4.78, 5) is 28.4. The van der Waals surface area contributed by atoms with Gasteiger partial charge in [0.1, 0.15) is 0 Å². The van der Waals surface area contributed by atoms with Crippen molar-refractivity contribution in [3.63, 3.8) is 0 Å². The zero-order valence-corrected chi connectivity index (χ0v) is 17.3. The monoisotopic (exact) mass is 414 g/mol. The molecule has 0 aliphatic carbocycles. The molecule has 6 nitrogen and oxygen atoms in total. The van der Waals surface area contributed by atoms with Crippen molar-refractivity contribution in [3.8, 4) is 0 Å². The second kappa shape index (κ2) is 9.50. The highest BCUT2D eigenvalue weighted by atomic mass is 32.1. The molecule has 3 N–H and O–H groups in total. The Kier molecular flexibility index (Phi) is 6.80. The second-order valence-electron chi connectivity index (χ2n) is 6.34. The van der Waals surface area contributed by atoms with E-state index in [1.807, 2.05) is 37.0 Å². The maximum atomic E-state index is 12.3. The first-order valence-electron chi connectivity index (χ1n) is 8.72. The number of carbonyl (C=O) groups excluding carboxylic acids is 2. The molecule has 8 heteroatoms. The van der Waals surface area contributed by atoms with Gasteiger partial charge in [0.2, 0.25) is 0 Å². The summed E-state index contributed by atoms with van der Waals surface area (Å²) in [5.41, 5.74) is 1.24. The normalized spacial score (nSPS) is 11.8. The van der Waals surface area contributed by atoms with E-state index >= 15 is 0 Å². The van der Waals surface area contributed by atoms with Crippen LogP contribution in [-0.2, 0) is 0 Å². The number of hydrogen-bond acceptors (Lipinski definition) is 5. The number of nitrogens with zero attached hydrogens (tertiary/aromatic N) is 1. The summed E-state index contributed by atoms with van der Waals surface area (Å²) in [6.07, 6.45) is 0. The van der Waals surface area contributed by atoms with Gasteiger partial charge in [0.15, 0.2) is 0 Å². The molecule has 28 heavy (non-hydrogen) atoms. The van der Waals surface area contributed by atoms with E-state index in [4.69, 9.17) is 0 Å². The van der Waals surface area contributed by atoms with Crippen molar-refractivity contribution >= 4 is 46.0 Å². The number of nitrogens with one attached hydrogen (secondary N) is 3. The predicted molar refractivity (Wildman–Crippen MR) is 116 cm³/mol. The van der Waals surface area contributed by atoms with Gasteiger partial charge in [-0.3, -0.25) is 4.79 Å². The average molecular weight is 415 g/mol. The van der Waals surface area contributed by atoms with E-state index < -0.39 is 0 Å². The van der Waals surface area contributed by atoms with Gasteiger partial charge in [-0.15, -0.1) is 22.7 Å². The maximum absolute atomic E-state index is 12.3. The first kappa shape index (κ1) is 20.1. The summed E-state index contributed by atoms with van der Waals surface area (Å²) in [5, 5.41) is 12.5. The lowest BCUT2D eigenvalue weighted by atomic mass is 10.2. The lowest BCUT2D eigenvalue weighted by Crippen LogP contribution is -2.36. The number of hydrogen-bond donors (Lipinski definition) is 3. The Morgan fingerprint density at radius 3 is 2.32 bits per heavy atom. The molecule has 0 spiro atoms. The molecule has 0 aliphatic rings. The minimum atomic E-state index is -0.287. The Morgan fingerprint density at radius 1 is 0.964 bits per heavy atom. The summed E-state index contributed by atoms with van der Waals surface area (Å²) in [6, 6.07) is 14.6. The van der Waals surface area contributed by atoms with Gasteiger partial charge < -0.3 is 20.9 Å². The van der Waals surface area contributed by atoms with E-state index in [2.05, 4.69) is 26.9 Å². The molecule has 2 aromatic heterocycles. The number of urea groups is 1. The highest BCUT2D eigenvalue weighted by Gasteiger charge is 2.16. The van der Waals surface area contributed by atoms with Crippen LogP contribution in [0.5, 0.6) is 0 Å². The number of benzene rings is 1. The van der Waals surface area contributed by atoms with E-state index in [1.54, 1.807) is 41.7 Å². The molecule has 0 fully saturated rings. The van der Waals surface area contributed by atoms with Gasteiger partial charge in [-0.1, -0.05) is 18.2 Å². The number of likely N-dealkylation sites (N-methyl/N-ethyl adjacent to an activating group) is 1. The van der Waals surface area contributed by atoms with Crippen molar-refractivity contribution in [2.24, 2.45) is 0 Å². The second-order valence-corrected chi connectivity index (χ2v) is 8.27. The molecule has 0 radical (unpaired) electrons. The van der Waals surface area contributed by atoms with Crippen molar-refractivity contribution in [3.05, 3.63) is 69.0 Å². The fourth-order valence-corrected chi connectivity index (χ4v) is 4.20. The summed E-state index contributed by atoms with van der Waals surface area (Å²) in [6.45, 7) is 0.494. The smallest absolute Gasteiger partial charge is 0.319 e. The lowest BCUT2D eigenvalue weighted by molar-refractivity contribution is 0.103. The van der Waals surface area contributed by atoms with Crippen LogP contribution >= 0.6 is 22.7 Å². The van der Waals surface area contributed by atoms with E-state index in [0.717, 1.165) is 0 Å². The van der Waals surface area contributed by atoms with Crippen molar-refractivity contribution in [2.45, 2.75) is 6.04 Å². The minimum absolute atomic E-state index is 0.113. The third-order valence-corrected chi connectivity index (χ3v) is 5.92. The molecule has 1 aromatic carbocycles. The highest BCUT2D eigenvalue weighted by molar-refractivity contribution is 7.12. The van der Waals surface area contributed by atoms with E-state index in [-0.39, 0.29) is 18.0 Å². The van der Waals surface area contributed by atoms with Gasteiger partial charge in [-0.05, 0) is 55.2 Å². The summed E-state index contributed by atoms with van der Waals surface area (Å²) < 4.78 is 0. The highest BCUT2D eigenvalue weighted by Crippen LogP contribution is 2.22. The lowest BCUT2D eigenvalue weighted by Gasteiger charge is -2.23. The largest absolute Gasteiger partial charge is 0.336 e. The van der Waals surface area contributed by atoms with Crippen LogP contribution < -0.4 is 16.0 Å². The van der Waals surface area contributed by atoms with Gasteiger partial charge in [-0.2, -0.15) is 0 Å². The summed E-state index contributed by atoms with van der Waals surface area (Å²) >= 11 is 3.05. The van der Waals surface area contributed by atoms with Crippen LogP contribution in [0.3, 0.4) is 0 Å². The zero-order chi connectivity index (χ0) is 19.9. The molecule has 0 saturated heterocycles. The van der Waals surface area contributed by atoms with Crippen molar-refractivity contribution in [1.82, 2.24) is 10.2 Å². The van der Waals surface area contributed by atoms with Crippen molar-refractivity contribution in [1.29, 1.82) is 0 Å². The number of anilines is 2. The van der Waals surface area contributed by atoms with Crippen LogP contribution in [0.4, 0.5) is 16.2 Å². The quantitative estimate of drug-likeness (QED) is 0.533. The van der Waals surface area contributed by atoms with Crippen LogP contribution in [0.2, 0.25) is 0 Å². The SMILES string of the molecule is CN(C)C(CNC(=O)Nc1cccc(NC(=O)c2cccs2)c1)c1cccs1. The fraction of sp³-hybridized carbons (Fsp3) is 0.200. The van der Waals surface area contributed by atoms with Gasteiger partial charge >= 0.3 is 6.03 Å². The third kappa shape index (κ3) is 5.41. The number of carbonyl (C=O) groups is 2. The number of thiophene rings is 2. The molecule has 0 aliphatic heterocycles. The maximum Gasteiger partial charge on any atom is 0.319 e. The fourth-order valence-electron chi connectivity index (χ4n) is 2.66. The number of amides is 3. The number of rotatable bonds is 7. The Morgan fingerprint density at radius 2 is 1.68 bits per heavy atom.